The number of hydrogen-bond acceptors (Lipinski definition) is 5. The van der Waals surface area contributed by atoms with Crippen LogP contribution in [0.25, 0.3) is 0 Å². The van der Waals surface area contributed by atoms with E-state index in [4.69, 9.17) is 4.42 Å². The van der Waals surface area contributed by atoms with E-state index in [9.17, 15) is 4.79 Å². The number of nitrogens with zero attached hydrogens (tertiary/aromatic N) is 5. The highest BCUT2D eigenvalue weighted by Gasteiger charge is 2.55. The van der Waals surface area contributed by atoms with Crippen molar-refractivity contribution in [3.63, 3.8) is 0 Å². The molecular formula is C17H23N5O2. The molecule has 0 N–H and O–H groups in total. The molecule has 24 heavy (non-hydrogen) atoms. The molecule has 0 radical (unpaired) electrons. The van der Waals surface area contributed by atoms with Gasteiger partial charge >= 0.3 is 0 Å². The van der Waals surface area contributed by atoms with Crippen molar-refractivity contribution < 1.29 is 9.21 Å². The van der Waals surface area contributed by atoms with Gasteiger partial charge in [0, 0.05) is 31.4 Å². The SMILES string of the molecule is CCc1nnc([C@]23CCC[C@H]2CN(C(=O)Cn2nccc2C)C3)o1. The third kappa shape index (κ3) is 2.34. The van der Waals surface area contributed by atoms with Crippen LogP contribution in [0.3, 0.4) is 0 Å². The molecule has 0 aromatic carbocycles. The molecule has 0 bridgehead atoms. The smallest absolute Gasteiger partial charge is 0.244 e. The quantitative estimate of drug-likeness (QED) is 0.853. The molecule has 2 aliphatic rings. The minimum Gasteiger partial charge on any atom is -0.425 e. The van der Waals surface area contributed by atoms with Crippen LogP contribution in [0.15, 0.2) is 16.7 Å². The van der Waals surface area contributed by atoms with Gasteiger partial charge in [-0.05, 0) is 31.7 Å². The molecule has 2 aromatic heterocycles. The third-order valence-corrected chi connectivity index (χ3v) is 5.63. The van der Waals surface area contributed by atoms with E-state index in [0.717, 1.165) is 43.8 Å². The van der Waals surface area contributed by atoms with Crippen LogP contribution in [0.1, 0.15) is 43.7 Å². The molecular weight excluding hydrogens is 306 g/mol. The Morgan fingerprint density at radius 1 is 1.46 bits per heavy atom. The van der Waals surface area contributed by atoms with E-state index in [-0.39, 0.29) is 11.3 Å². The molecule has 7 heteroatoms. The normalized spacial score (nSPS) is 26.1. The van der Waals surface area contributed by atoms with Crippen molar-refractivity contribution in [2.24, 2.45) is 5.92 Å². The molecule has 3 heterocycles. The Hall–Kier alpha value is -2.18. The average molecular weight is 329 g/mol. The Labute approximate surface area is 141 Å². The number of aromatic nitrogens is 4. The Morgan fingerprint density at radius 3 is 3.04 bits per heavy atom. The Balaban J connectivity index is 1.54. The summed E-state index contributed by atoms with van der Waals surface area (Å²) >= 11 is 0. The van der Waals surface area contributed by atoms with E-state index in [1.807, 2.05) is 24.8 Å². The zero-order valence-corrected chi connectivity index (χ0v) is 14.2. The van der Waals surface area contributed by atoms with Gasteiger partial charge < -0.3 is 9.32 Å². The number of aryl methyl sites for hydroxylation is 2. The van der Waals surface area contributed by atoms with E-state index in [1.54, 1.807) is 10.9 Å². The number of rotatable bonds is 4. The summed E-state index contributed by atoms with van der Waals surface area (Å²) in [6.45, 7) is 5.74. The Bertz CT molecular complexity index is 752. The highest BCUT2D eigenvalue weighted by atomic mass is 16.4. The lowest BCUT2D eigenvalue weighted by Crippen LogP contribution is -2.36. The van der Waals surface area contributed by atoms with Gasteiger partial charge in [0.25, 0.3) is 0 Å². The van der Waals surface area contributed by atoms with Crippen LogP contribution >= 0.6 is 0 Å². The van der Waals surface area contributed by atoms with E-state index in [1.165, 1.54) is 0 Å². The maximum absolute atomic E-state index is 12.7. The van der Waals surface area contributed by atoms with Gasteiger partial charge in [0.05, 0.1) is 5.41 Å². The Morgan fingerprint density at radius 2 is 2.33 bits per heavy atom. The highest BCUT2D eigenvalue weighted by molar-refractivity contribution is 5.76. The van der Waals surface area contributed by atoms with Gasteiger partial charge in [-0.1, -0.05) is 13.3 Å². The van der Waals surface area contributed by atoms with Gasteiger partial charge in [0.1, 0.15) is 6.54 Å². The molecule has 1 aliphatic heterocycles. The van der Waals surface area contributed by atoms with Gasteiger partial charge in [-0.25, -0.2) is 0 Å². The van der Waals surface area contributed by atoms with Crippen LogP contribution in [0.4, 0.5) is 0 Å². The molecule has 128 valence electrons. The largest absolute Gasteiger partial charge is 0.425 e. The zero-order valence-electron chi connectivity index (χ0n) is 14.2. The van der Waals surface area contributed by atoms with Crippen LogP contribution in [0.2, 0.25) is 0 Å². The molecule has 7 nitrogen and oxygen atoms in total. The molecule has 2 atom stereocenters. The first-order valence-electron chi connectivity index (χ1n) is 8.71. The summed E-state index contributed by atoms with van der Waals surface area (Å²) in [6.07, 6.45) is 5.78. The predicted molar refractivity (Wildman–Crippen MR) is 86.2 cm³/mol. The van der Waals surface area contributed by atoms with Crippen LogP contribution in [0, 0.1) is 12.8 Å². The van der Waals surface area contributed by atoms with Gasteiger partial charge in [-0.15, -0.1) is 10.2 Å². The van der Waals surface area contributed by atoms with Crippen LogP contribution < -0.4 is 0 Å². The summed E-state index contributed by atoms with van der Waals surface area (Å²) in [4.78, 5) is 14.7. The summed E-state index contributed by atoms with van der Waals surface area (Å²) in [5.74, 6) is 1.95. The van der Waals surface area contributed by atoms with Gasteiger partial charge in [-0.2, -0.15) is 5.10 Å². The monoisotopic (exact) mass is 329 g/mol. The van der Waals surface area contributed by atoms with Crippen molar-refractivity contribution in [3.05, 3.63) is 29.7 Å². The maximum Gasteiger partial charge on any atom is 0.244 e. The molecule has 0 spiro atoms. The lowest BCUT2D eigenvalue weighted by molar-refractivity contribution is -0.131. The van der Waals surface area contributed by atoms with Crippen molar-refractivity contribution in [2.75, 3.05) is 13.1 Å². The number of carbonyl (C=O) groups is 1. The number of fused-ring (bicyclic) bond motifs is 1. The van der Waals surface area contributed by atoms with Crippen molar-refractivity contribution in [2.45, 2.75) is 51.5 Å². The lowest BCUT2D eigenvalue weighted by Gasteiger charge is -2.24. The van der Waals surface area contributed by atoms with E-state index < -0.39 is 0 Å². The van der Waals surface area contributed by atoms with Crippen LogP contribution in [-0.4, -0.2) is 43.9 Å². The minimum atomic E-state index is -0.144. The number of amides is 1. The summed E-state index contributed by atoms with van der Waals surface area (Å²) < 4.78 is 7.65. The molecule has 2 fully saturated rings. The van der Waals surface area contributed by atoms with Crippen molar-refractivity contribution in [1.82, 2.24) is 24.9 Å². The fraction of sp³-hybridized carbons (Fsp3) is 0.647. The molecule has 0 unspecified atom stereocenters. The summed E-state index contributed by atoms with van der Waals surface area (Å²) in [7, 11) is 0. The fourth-order valence-corrected chi connectivity index (χ4v) is 4.22. The van der Waals surface area contributed by atoms with Crippen molar-refractivity contribution in [1.29, 1.82) is 0 Å². The van der Waals surface area contributed by atoms with Crippen LogP contribution in [0.5, 0.6) is 0 Å². The number of carbonyl (C=O) groups excluding carboxylic acids is 1. The van der Waals surface area contributed by atoms with Gasteiger partial charge in [-0.3, -0.25) is 9.48 Å². The second-order valence-electron chi connectivity index (χ2n) is 7.00. The van der Waals surface area contributed by atoms with Crippen molar-refractivity contribution >= 4 is 5.91 Å². The number of hydrogen-bond donors (Lipinski definition) is 0. The molecule has 1 aliphatic carbocycles. The maximum atomic E-state index is 12.7. The first-order chi connectivity index (χ1) is 11.6. The average Bonchev–Trinajstić information content (AvgIpc) is 3.29. The van der Waals surface area contributed by atoms with Gasteiger partial charge in [0.2, 0.25) is 17.7 Å². The van der Waals surface area contributed by atoms with Gasteiger partial charge in [0.15, 0.2) is 0 Å². The lowest BCUT2D eigenvalue weighted by atomic mass is 9.80. The summed E-state index contributed by atoms with van der Waals surface area (Å²) in [5, 5.41) is 12.7. The molecule has 4 rings (SSSR count). The standard InChI is InChI=1S/C17H23N5O2/c1-3-14-19-20-16(24-14)17-7-4-5-13(17)9-21(11-17)15(23)10-22-12(2)6-8-18-22/h6,8,13H,3-5,7,9-11H2,1-2H3/t13-,17-/m0/s1. The Kier molecular flexibility index (Phi) is 3.66. The van der Waals surface area contributed by atoms with Crippen LogP contribution in [-0.2, 0) is 23.2 Å². The summed E-state index contributed by atoms with van der Waals surface area (Å²) in [6, 6.07) is 1.91. The van der Waals surface area contributed by atoms with E-state index >= 15 is 0 Å². The predicted octanol–water partition coefficient (Wildman–Crippen LogP) is 1.72. The molecule has 2 aromatic rings. The molecule has 1 saturated carbocycles. The topological polar surface area (TPSA) is 77.1 Å². The highest BCUT2D eigenvalue weighted by Crippen LogP contribution is 2.50. The van der Waals surface area contributed by atoms with E-state index in [0.29, 0.717) is 24.9 Å². The van der Waals surface area contributed by atoms with E-state index in [2.05, 4.69) is 15.3 Å². The minimum absolute atomic E-state index is 0.116. The second kappa shape index (κ2) is 5.72. The fourth-order valence-electron chi connectivity index (χ4n) is 4.22. The molecule has 1 saturated heterocycles. The number of likely N-dealkylation sites (tertiary alicyclic amines) is 1. The molecule has 1 amide bonds. The first-order valence-corrected chi connectivity index (χ1v) is 8.71. The third-order valence-electron chi connectivity index (χ3n) is 5.63. The first kappa shape index (κ1) is 15.4. The zero-order chi connectivity index (χ0) is 16.7. The second-order valence-corrected chi connectivity index (χ2v) is 7.00. The summed E-state index contributed by atoms with van der Waals surface area (Å²) in [5.41, 5.74) is 0.858. The van der Waals surface area contributed by atoms with Crippen molar-refractivity contribution in [3.8, 4) is 0 Å².